The summed E-state index contributed by atoms with van der Waals surface area (Å²) in [5.74, 6) is 0.393. The number of amides is 2. The van der Waals surface area contributed by atoms with Gasteiger partial charge in [-0.05, 0) is 36.4 Å². The van der Waals surface area contributed by atoms with Gasteiger partial charge in [-0.25, -0.2) is 10.4 Å². The van der Waals surface area contributed by atoms with Crippen LogP contribution in [0.15, 0.2) is 53.6 Å². The number of carbonyl (C=O) groups is 2. The minimum Gasteiger partial charge on any atom is -0.342 e. The third kappa shape index (κ3) is 3.81. The van der Waals surface area contributed by atoms with E-state index in [-0.39, 0.29) is 24.0 Å². The lowest BCUT2D eigenvalue weighted by Gasteiger charge is -2.15. The van der Waals surface area contributed by atoms with Crippen LogP contribution in [0.1, 0.15) is 5.82 Å². The topological polar surface area (TPSA) is 90.5 Å². The van der Waals surface area contributed by atoms with E-state index < -0.39 is 0 Å². The number of carbonyl (C=O) groups excluding carboxylic acids is 2. The molecule has 1 aliphatic heterocycles. The summed E-state index contributed by atoms with van der Waals surface area (Å²) >= 11 is 7.16. The molecule has 0 bridgehead atoms. The number of benzene rings is 2. The third-order valence-electron chi connectivity index (χ3n) is 3.89. The van der Waals surface area contributed by atoms with Gasteiger partial charge in [-0.2, -0.15) is 0 Å². The highest BCUT2D eigenvalue weighted by molar-refractivity contribution is 8.15. The molecule has 0 unspecified atom stereocenters. The van der Waals surface area contributed by atoms with Crippen LogP contribution in [0.25, 0.3) is 11.0 Å². The molecule has 136 valence electrons. The molecule has 2 amide bonds. The van der Waals surface area contributed by atoms with E-state index in [0.717, 1.165) is 11.0 Å². The van der Waals surface area contributed by atoms with E-state index in [1.807, 2.05) is 24.3 Å². The zero-order chi connectivity index (χ0) is 18.8. The highest BCUT2D eigenvalue weighted by Gasteiger charge is 2.30. The van der Waals surface area contributed by atoms with Gasteiger partial charge >= 0.3 is 0 Å². The number of nitrogens with zero attached hydrogens (tertiary/aromatic N) is 3. The van der Waals surface area contributed by atoms with E-state index in [4.69, 9.17) is 11.6 Å². The third-order valence-corrected chi connectivity index (χ3v) is 5.07. The van der Waals surface area contributed by atoms with E-state index in [1.54, 1.807) is 24.3 Å². The Kier molecular flexibility index (Phi) is 4.83. The normalized spacial score (nSPS) is 15.7. The summed E-state index contributed by atoms with van der Waals surface area (Å²) in [6, 6.07) is 14.4. The van der Waals surface area contributed by atoms with Crippen molar-refractivity contribution in [3.8, 4) is 0 Å². The number of imidazole rings is 1. The van der Waals surface area contributed by atoms with Gasteiger partial charge in [-0.1, -0.05) is 35.5 Å². The first-order valence-electron chi connectivity index (χ1n) is 8.11. The molecule has 1 saturated heterocycles. The number of nitrogens with one attached hydrogen (secondary N) is 2. The van der Waals surface area contributed by atoms with Crippen LogP contribution in [0.2, 0.25) is 5.02 Å². The number of hydrazone groups is 1. The maximum absolute atomic E-state index is 12.2. The Morgan fingerprint density at radius 1 is 1.26 bits per heavy atom. The number of H-pyrrole nitrogens is 1. The van der Waals surface area contributed by atoms with Crippen molar-refractivity contribution in [3.63, 3.8) is 0 Å². The van der Waals surface area contributed by atoms with Gasteiger partial charge in [0.1, 0.15) is 5.82 Å². The quantitative estimate of drug-likeness (QED) is 0.660. The molecule has 0 spiro atoms. The van der Waals surface area contributed by atoms with Crippen LogP contribution < -0.4 is 10.3 Å². The summed E-state index contributed by atoms with van der Waals surface area (Å²) < 4.78 is 0. The molecule has 1 aliphatic rings. The molecule has 0 radical (unpaired) electrons. The Labute approximate surface area is 163 Å². The predicted octanol–water partition coefficient (Wildman–Crippen LogP) is 2.93. The van der Waals surface area contributed by atoms with Crippen LogP contribution in [0, 0.1) is 0 Å². The number of hydrogen-bond donors (Lipinski definition) is 2. The second kappa shape index (κ2) is 7.42. The molecule has 4 rings (SSSR count). The first kappa shape index (κ1) is 17.6. The van der Waals surface area contributed by atoms with Gasteiger partial charge in [0, 0.05) is 5.02 Å². The van der Waals surface area contributed by atoms with Crippen molar-refractivity contribution < 1.29 is 9.59 Å². The second-order valence-corrected chi connectivity index (χ2v) is 7.18. The molecule has 7 nitrogen and oxygen atoms in total. The standard InChI is InChI=1S/C18H14ClN5O2S/c19-11-5-7-12(8-6-11)24-17(26)10-27-18(24)23-22-16(25)9-15-20-13-3-1-2-4-14(13)21-15/h1-8H,9-10H2,(H,20,21)(H,22,25). The molecule has 27 heavy (non-hydrogen) atoms. The van der Waals surface area contributed by atoms with Crippen LogP contribution in [-0.2, 0) is 16.0 Å². The SMILES string of the molecule is O=C(Cc1nc2ccccc2[nH]1)NN=C1SCC(=O)N1c1ccc(Cl)cc1. The van der Waals surface area contributed by atoms with Gasteiger partial charge < -0.3 is 4.98 Å². The fourth-order valence-corrected chi connectivity index (χ4v) is 3.63. The summed E-state index contributed by atoms with van der Waals surface area (Å²) in [5, 5.41) is 5.11. The monoisotopic (exact) mass is 399 g/mol. The Balaban J connectivity index is 1.46. The van der Waals surface area contributed by atoms with Crippen molar-refractivity contribution in [1.82, 2.24) is 15.4 Å². The smallest absolute Gasteiger partial charge is 0.247 e. The maximum Gasteiger partial charge on any atom is 0.247 e. The van der Waals surface area contributed by atoms with Crippen LogP contribution in [0.4, 0.5) is 5.69 Å². The molecule has 1 aromatic heterocycles. The van der Waals surface area contributed by atoms with Gasteiger partial charge in [0.2, 0.25) is 11.8 Å². The average molecular weight is 400 g/mol. The summed E-state index contributed by atoms with van der Waals surface area (Å²) in [6.07, 6.45) is 0.0605. The van der Waals surface area contributed by atoms with Gasteiger partial charge in [-0.3, -0.25) is 14.5 Å². The Bertz CT molecular complexity index is 1010. The van der Waals surface area contributed by atoms with Crippen molar-refractivity contribution in [1.29, 1.82) is 0 Å². The van der Waals surface area contributed by atoms with Gasteiger partial charge in [0.05, 0.1) is 28.9 Å². The zero-order valence-electron chi connectivity index (χ0n) is 14.0. The molecule has 3 aromatic rings. The fourth-order valence-electron chi connectivity index (χ4n) is 2.68. The highest BCUT2D eigenvalue weighted by atomic mass is 35.5. The molecule has 2 heterocycles. The summed E-state index contributed by atoms with van der Waals surface area (Å²) in [4.78, 5) is 33.3. The van der Waals surface area contributed by atoms with E-state index in [1.165, 1.54) is 16.7 Å². The van der Waals surface area contributed by atoms with Crippen molar-refractivity contribution in [2.75, 3.05) is 10.7 Å². The van der Waals surface area contributed by atoms with E-state index >= 15 is 0 Å². The maximum atomic E-state index is 12.2. The number of hydrogen-bond acceptors (Lipinski definition) is 5. The first-order valence-corrected chi connectivity index (χ1v) is 9.48. The van der Waals surface area contributed by atoms with Crippen molar-refractivity contribution >= 4 is 57.1 Å². The van der Waals surface area contributed by atoms with Crippen molar-refractivity contribution in [2.24, 2.45) is 5.10 Å². The van der Waals surface area contributed by atoms with Crippen molar-refractivity contribution in [2.45, 2.75) is 6.42 Å². The summed E-state index contributed by atoms with van der Waals surface area (Å²) in [6.45, 7) is 0. The molecule has 1 fully saturated rings. The molecule has 9 heteroatoms. The largest absolute Gasteiger partial charge is 0.342 e. The van der Waals surface area contributed by atoms with Gasteiger partial charge in [-0.15, -0.1) is 5.10 Å². The van der Waals surface area contributed by atoms with Gasteiger partial charge in [0.15, 0.2) is 5.17 Å². The minimum atomic E-state index is -0.322. The molecule has 2 N–H and O–H groups in total. The Morgan fingerprint density at radius 2 is 2.04 bits per heavy atom. The van der Waals surface area contributed by atoms with Crippen LogP contribution >= 0.6 is 23.4 Å². The van der Waals surface area contributed by atoms with Crippen LogP contribution in [-0.4, -0.2) is 32.7 Å². The first-order chi connectivity index (χ1) is 13.1. The highest BCUT2D eigenvalue weighted by Crippen LogP contribution is 2.27. The molecular weight excluding hydrogens is 386 g/mol. The van der Waals surface area contributed by atoms with E-state index in [0.29, 0.717) is 21.7 Å². The lowest BCUT2D eigenvalue weighted by Crippen LogP contribution is -2.31. The molecule has 0 atom stereocenters. The lowest BCUT2D eigenvalue weighted by molar-refractivity contribution is -0.120. The molecule has 0 saturated carbocycles. The fraction of sp³-hybridized carbons (Fsp3) is 0.111. The summed E-state index contributed by atoms with van der Waals surface area (Å²) in [7, 11) is 0. The van der Waals surface area contributed by atoms with E-state index in [9.17, 15) is 9.59 Å². The Hall–Kier alpha value is -2.84. The number of halogens is 1. The number of thioether (sulfide) groups is 1. The average Bonchev–Trinajstić information content (AvgIpc) is 3.23. The number of anilines is 1. The van der Waals surface area contributed by atoms with Crippen LogP contribution in [0.3, 0.4) is 0 Å². The number of aromatic nitrogens is 2. The zero-order valence-corrected chi connectivity index (χ0v) is 15.5. The molecular formula is C18H14ClN5O2S. The van der Waals surface area contributed by atoms with E-state index in [2.05, 4.69) is 20.5 Å². The number of fused-ring (bicyclic) bond motifs is 1. The number of aromatic amines is 1. The number of para-hydroxylation sites is 2. The minimum absolute atomic E-state index is 0.0605. The summed E-state index contributed by atoms with van der Waals surface area (Å²) in [5.41, 5.74) is 4.83. The second-order valence-electron chi connectivity index (χ2n) is 5.80. The van der Waals surface area contributed by atoms with Crippen molar-refractivity contribution in [3.05, 3.63) is 59.4 Å². The number of amidine groups is 1. The van der Waals surface area contributed by atoms with Gasteiger partial charge in [0.25, 0.3) is 0 Å². The molecule has 0 aliphatic carbocycles. The number of rotatable bonds is 4. The predicted molar refractivity (Wildman–Crippen MR) is 107 cm³/mol. The Morgan fingerprint density at radius 3 is 2.81 bits per heavy atom. The van der Waals surface area contributed by atoms with Crippen LogP contribution in [0.5, 0.6) is 0 Å². The lowest BCUT2D eigenvalue weighted by atomic mass is 10.3. The molecule has 2 aromatic carbocycles.